The van der Waals surface area contributed by atoms with Crippen molar-refractivity contribution < 1.29 is 26.4 Å². The third-order valence-corrected chi connectivity index (χ3v) is 5.72. The van der Waals surface area contributed by atoms with Gasteiger partial charge in [-0.05, 0) is 54.6 Å². The molecule has 0 unspecified atom stereocenters. The van der Waals surface area contributed by atoms with Crippen molar-refractivity contribution in [3.05, 3.63) is 90.1 Å². The molecule has 0 bridgehead atoms. The van der Waals surface area contributed by atoms with E-state index in [1.165, 1.54) is 41.1 Å². The number of sulfonamides is 1. The van der Waals surface area contributed by atoms with Gasteiger partial charge in [-0.3, -0.25) is 4.79 Å². The third-order valence-electron chi connectivity index (χ3n) is 4.79. The van der Waals surface area contributed by atoms with Crippen LogP contribution in [0.15, 0.2) is 83.9 Å². The lowest BCUT2D eigenvalue weighted by Crippen LogP contribution is -2.14. The molecule has 0 fully saturated rings. The number of anilines is 1. The van der Waals surface area contributed by atoms with Gasteiger partial charge in [0.15, 0.2) is 0 Å². The molecule has 174 valence electrons. The molecule has 8 nitrogen and oxygen atoms in total. The molecule has 12 heteroatoms. The number of rotatable bonds is 5. The van der Waals surface area contributed by atoms with Crippen molar-refractivity contribution in [2.24, 2.45) is 5.14 Å². The van der Waals surface area contributed by atoms with E-state index in [0.717, 1.165) is 12.1 Å². The van der Waals surface area contributed by atoms with E-state index in [4.69, 9.17) is 5.14 Å². The average Bonchev–Trinajstić information content (AvgIpc) is 3.29. The molecule has 4 rings (SSSR count). The minimum Gasteiger partial charge on any atom is -0.322 e. The minimum atomic E-state index is -4.55. The molecule has 0 saturated heterocycles. The van der Waals surface area contributed by atoms with Crippen LogP contribution in [0.2, 0.25) is 0 Å². The lowest BCUT2D eigenvalue weighted by Gasteiger charge is -2.10. The zero-order valence-electron chi connectivity index (χ0n) is 17.2. The van der Waals surface area contributed by atoms with Gasteiger partial charge in [-0.1, -0.05) is 23.4 Å². The van der Waals surface area contributed by atoms with Crippen molar-refractivity contribution in [2.45, 2.75) is 11.1 Å². The zero-order chi connectivity index (χ0) is 24.5. The summed E-state index contributed by atoms with van der Waals surface area (Å²) in [4.78, 5) is 12.4. The van der Waals surface area contributed by atoms with Crippen LogP contribution in [0, 0.1) is 0 Å². The Kier molecular flexibility index (Phi) is 5.94. The number of nitrogens with two attached hydrogens (primary N) is 1. The fourth-order valence-electron chi connectivity index (χ4n) is 3.11. The van der Waals surface area contributed by atoms with Crippen molar-refractivity contribution >= 4 is 21.6 Å². The third kappa shape index (κ3) is 5.13. The lowest BCUT2D eigenvalue weighted by atomic mass is 10.1. The predicted octanol–water partition coefficient (Wildman–Crippen LogP) is 3.85. The molecule has 0 aliphatic heterocycles. The van der Waals surface area contributed by atoms with Crippen LogP contribution in [-0.4, -0.2) is 29.3 Å². The zero-order valence-corrected chi connectivity index (χ0v) is 18.0. The van der Waals surface area contributed by atoms with E-state index in [2.05, 4.69) is 15.6 Å². The Labute approximate surface area is 191 Å². The summed E-state index contributed by atoms with van der Waals surface area (Å²) in [7, 11) is -3.82. The molecule has 4 aromatic rings. The number of carbonyl (C=O) groups is 1. The average molecular weight is 487 g/mol. The van der Waals surface area contributed by atoms with E-state index in [-0.39, 0.29) is 10.5 Å². The number of aromatic nitrogens is 3. The smallest absolute Gasteiger partial charge is 0.322 e. The number of benzene rings is 3. The Balaban J connectivity index is 1.53. The fourth-order valence-corrected chi connectivity index (χ4v) is 3.62. The van der Waals surface area contributed by atoms with Crippen LogP contribution in [-0.2, 0) is 16.2 Å². The van der Waals surface area contributed by atoms with Crippen molar-refractivity contribution in [3.63, 3.8) is 0 Å². The normalized spacial score (nSPS) is 11.9. The second-order valence-electron chi connectivity index (χ2n) is 7.20. The van der Waals surface area contributed by atoms with Gasteiger partial charge < -0.3 is 5.32 Å². The number of nitrogens with zero attached hydrogens (tertiary/aromatic N) is 3. The molecule has 3 aromatic carbocycles. The summed E-state index contributed by atoms with van der Waals surface area (Å²) in [5.41, 5.74) is 0.892. The van der Waals surface area contributed by atoms with Gasteiger partial charge in [-0.15, -0.1) is 5.10 Å². The second kappa shape index (κ2) is 8.72. The maximum absolute atomic E-state index is 12.9. The van der Waals surface area contributed by atoms with E-state index in [1.807, 2.05) is 0 Å². The topological polar surface area (TPSA) is 120 Å². The SMILES string of the molecule is NS(=O)(=O)c1ccc(-n2cc(-c3cccc(NC(=O)c4cccc(C(F)(F)F)c4)c3)nn2)cc1. The van der Waals surface area contributed by atoms with Crippen LogP contribution >= 0.6 is 0 Å². The van der Waals surface area contributed by atoms with Crippen LogP contribution in [0.25, 0.3) is 16.9 Å². The highest BCUT2D eigenvalue weighted by Gasteiger charge is 2.30. The van der Waals surface area contributed by atoms with Crippen molar-refractivity contribution in [1.82, 2.24) is 15.0 Å². The first-order chi connectivity index (χ1) is 16.0. The minimum absolute atomic E-state index is 0.0409. The van der Waals surface area contributed by atoms with Gasteiger partial charge in [0.1, 0.15) is 5.69 Å². The summed E-state index contributed by atoms with van der Waals surface area (Å²) in [5, 5.41) is 15.8. The summed E-state index contributed by atoms with van der Waals surface area (Å²) in [6, 6.07) is 16.4. The van der Waals surface area contributed by atoms with E-state index >= 15 is 0 Å². The van der Waals surface area contributed by atoms with Gasteiger partial charge in [0, 0.05) is 16.8 Å². The Bertz CT molecular complexity index is 1470. The van der Waals surface area contributed by atoms with Gasteiger partial charge in [0.05, 0.1) is 22.3 Å². The molecule has 1 aromatic heterocycles. The predicted molar refractivity (Wildman–Crippen MR) is 118 cm³/mol. The molecule has 0 saturated carbocycles. The first kappa shape index (κ1) is 23.1. The molecule has 0 atom stereocenters. The van der Waals surface area contributed by atoms with Crippen LogP contribution in [0.1, 0.15) is 15.9 Å². The highest BCUT2D eigenvalue weighted by molar-refractivity contribution is 7.89. The second-order valence-corrected chi connectivity index (χ2v) is 8.76. The first-order valence-corrected chi connectivity index (χ1v) is 11.2. The van der Waals surface area contributed by atoms with E-state index in [1.54, 1.807) is 30.5 Å². The Morgan fingerprint density at radius 2 is 1.68 bits per heavy atom. The van der Waals surface area contributed by atoms with Crippen molar-refractivity contribution in [1.29, 1.82) is 0 Å². The van der Waals surface area contributed by atoms with Crippen LogP contribution in [0.5, 0.6) is 0 Å². The van der Waals surface area contributed by atoms with Crippen molar-refractivity contribution in [3.8, 4) is 16.9 Å². The molecular formula is C22H16F3N5O3S. The standard InChI is InChI=1S/C22H16F3N5O3S/c23-22(24,25)16-5-1-4-15(11-16)21(31)27-17-6-2-3-14(12-17)20-13-30(29-28-20)18-7-9-19(10-8-18)34(26,32)33/h1-13H,(H,27,31)(H2,26,32,33). The largest absolute Gasteiger partial charge is 0.416 e. The lowest BCUT2D eigenvalue weighted by molar-refractivity contribution is -0.137. The van der Waals surface area contributed by atoms with E-state index < -0.39 is 27.7 Å². The summed E-state index contributed by atoms with van der Waals surface area (Å²) >= 11 is 0. The number of amides is 1. The van der Waals surface area contributed by atoms with Gasteiger partial charge in [0.25, 0.3) is 5.91 Å². The molecular weight excluding hydrogens is 471 g/mol. The molecule has 34 heavy (non-hydrogen) atoms. The summed E-state index contributed by atoms with van der Waals surface area (Å²) in [6.07, 6.45) is -2.96. The fraction of sp³-hybridized carbons (Fsp3) is 0.0455. The number of primary sulfonamides is 1. The van der Waals surface area contributed by atoms with Gasteiger partial charge in [-0.25, -0.2) is 18.2 Å². The molecule has 0 spiro atoms. The summed E-state index contributed by atoms with van der Waals surface area (Å²) in [6.45, 7) is 0. The molecule has 1 heterocycles. The molecule has 1 amide bonds. The van der Waals surface area contributed by atoms with Crippen LogP contribution in [0.3, 0.4) is 0 Å². The maximum atomic E-state index is 12.9. The number of alkyl halides is 3. The molecule has 0 aliphatic rings. The first-order valence-electron chi connectivity index (χ1n) is 9.65. The Morgan fingerprint density at radius 3 is 2.35 bits per heavy atom. The van der Waals surface area contributed by atoms with Gasteiger partial charge in [0.2, 0.25) is 10.0 Å². The summed E-state index contributed by atoms with van der Waals surface area (Å²) < 4.78 is 63.0. The number of nitrogens with one attached hydrogen (secondary N) is 1. The molecule has 0 radical (unpaired) electrons. The Hall–Kier alpha value is -4.03. The molecule has 3 N–H and O–H groups in total. The quantitative estimate of drug-likeness (QED) is 0.443. The monoisotopic (exact) mass is 487 g/mol. The summed E-state index contributed by atoms with van der Waals surface area (Å²) in [5.74, 6) is -0.693. The highest BCUT2D eigenvalue weighted by atomic mass is 32.2. The van der Waals surface area contributed by atoms with E-state index in [0.29, 0.717) is 22.6 Å². The van der Waals surface area contributed by atoms with Crippen molar-refractivity contribution in [2.75, 3.05) is 5.32 Å². The molecule has 0 aliphatic carbocycles. The Morgan fingerprint density at radius 1 is 0.971 bits per heavy atom. The van der Waals surface area contributed by atoms with Crippen LogP contribution in [0.4, 0.5) is 18.9 Å². The maximum Gasteiger partial charge on any atom is 0.416 e. The number of hydrogen-bond donors (Lipinski definition) is 2. The number of carbonyl (C=O) groups excluding carboxylic acids is 1. The van der Waals surface area contributed by atoms with Gasteiger partial charge >= 0.3 is 6.18 Å². The van der Waals surface area contributed by atoms with E-state index in [9.17, 15) is 26.4 Å². The number of hydrogen-bond acceptors (Lipinski definition) is 5. The van der Waals surface area contributed by atoms with Gasteiger partial charge in [-0.2, -0.15) is 13.2 Å². The highest BCUT2D eigenvalue weighted by Crippen LogP contribution is 2.30. The van der Waals surface area contributed by atoms with Crippen LogP contribution < -0.4 is 10.5 Å². The number of halogens is 3.